The molecule has 0 heterocycles. The van der Waals surface area contributed by atoms with Crippen LogP contribution in [0.3, 0.4) is 0 Å². The van der Waals surface area contributed by atoms with Crippen LogP contribution >= 0.6 is 11.6 Å². The molecule has 0 saturated carbocycles. The van der Waals surface area contributed by atoms with Crippen molar-refractivity contribution in [3.05, 3.63) is 125 Å². The van der Waals surface area contributed by atoms with Gasteiger partial charge in [0.25, 0.3) is 5.91 Å². The van der Waals surface area contributed by atoms with Crippen LogP contribution in [0, 0.1) is 0 Å². The van der Waals surface area contributed by atoms with E-state index in [9.17, 15) is 4.79 Å². The van der Waals surface area contributed by atoms with Gasteiger partial charge < -0.3 is 10.1 Å². The van der Waals surface area contributed by atoms with Crippen LogP contribution in [0.25, 0.3) is 11.6 Å². The molecular weight excluding hydrogens is 406 g/mol. The summed E-state index contributed by atoms with van der Waals surface area (Å²) >= 11 is 6.34. The lowest BCUT2D eigenvalue weighted by molar-refractivity contribution is -0.111. The molecule has 0 aliphatic carbocycles. The topological polar surface area (TPSA) is 38.3 Å². The number of rotatable bonds is 6. The molecule has 1 N–H and O–H groups in total. The summed E-state index contributed by atoms with van der Waals surface area (Å²) in [7, 11) is 0. The third-order valence-electron chi connectivity index (χ3n) is 4.64. The van der Waals surface area contributed by atoms with E-state index < -0.39 is 0 Å². The number of carbonyl (C=O) groups is 1. The maximum Gasteiger partial charge on any atom is 0.256 e. The summed E-state index contributed by atoms with van der Waals surface area (Å²) in [6.45, 7) is 0. The largest absolute Gasteiger partial charge is 0.455 e. The Morgan fingerprint density at radius 2 is 1.35 bits per heavy atom. The lowest BCUT2D eigenvalue weighted by Crippen LogP contribution is -2.14. The Bertz CT molecular complexity index is 1200. The molecule has 4 rings (SSSR count). The van der Waals surface area contributed by atoms with Crippen LogP contribution in [-0.2, 0) is 4.79 Å². The first-order valence-corrected chi connectivity index (χ1v) is 10.2. The van der Waals surface area contributed by atoms with Gasteiger partial charge in [0.1, 0.15) is 5.75 Å². The number of carbonyl (C=O) groups excluding carboxylic acids is 1. The van der Waals surface area contributed by atoms with Crippen LogP contribution in [0.4, 0.5) is 5.69 Å². The van der Waals surface area contributed by atoms with Gasteiger partial charge in [0, 0.05) is 10.6 Å². The molecule has 4 aromatic rings. The standard InChI is InChI=1S/C27H20ClNO2/c28-24-16-8-7-13-21(24)19-23(20-11-3-1-4-12-20)27(30)29-25-17-9-10-18-26(25)31-22-14-5-2-6-15-22/h1-19H,(H,29,30)/b23-19+. The lowest BCUT2D eigenvalue weighted by Gasteiger charge is -2.14. The molecule has 0 aliphatic heterocycles. The monoisotopic (exact) mass is 425 g/mol. The van der Waals surface area contributed by atoms with Crippen molar-refractivity contribution in [3.8, 4) is 11.5 Å². The second-order valence-electron chi connectivity index (χ2n) is 6.81. The minimum atomic E-state index is -0.254. The van der Waals surface area contributed by atoms with Gasteiger partial charge in [-0.15, -0.1) is 0 Å². The Kier molecular flexibility index (Phi) is 6.46. The predicted octanol–water partition coefficient (Wildman–Crippen LogP) is 7.31. The van der Waals surface area contributed by atoms with E-state index in [1.54, 1.807) is 12.1 Å². The molecule has 0 aromatic heterocycles. The van der Waals surface area contributed by atoms with Gasteiger partial charge in [-0.2, -0.15) is 0 Å². The normalized spacial score (nSPS) is 11.1. The lowest BCUT2D eigenvalue weighted by atomic mass is 10.0. The van der Waals surface area contributed by atoms with Gasteiger partial charge >= 0.3 is 0 Å². The van der Waals surface area contributed by atoms with Crippen molar-refractivity contribution in [2.24, 2.45) is 0 Å². The molecule has 0 bridgehead atoms. The van der Waals surface area contributed by atoms with Crippen LogP contribution in [0.15, 0.2) is 109 Å². The average Bonchev–Trinajstić information content (AvgIpc) is 2.81. The zero-order valence-corrected chi connectivity index (χ0v) is 17.4. The highest BCUT2D eigenvalue weighted by molar-refractivity contribution is 6.34. The van der Waals surface area contributed by atoms with Crippen molar-refractivity contribution in [1.29, 1.82) is 0 Å². The highest BCUT2D eigenvalue weighted by Crippen LogP contribution is 2.31. The quantitative estimate of drug-likeness (QED) is 0.260. The second kappa shape index (κ2) is 9.79. The number of nitrogens with one attached hydrogen (secondary N) is 1. The van der Waals surface area contributed by atoms with Gasteiger partial charge in [0.15, 0.2) is 5.75 Å². The number of anilines is 1. The molecule has 3 nitrogen and oxygen atoms in total. The molecule has 0 saturated heterocycles. The zero-order valence-electron chi connectivity index (χ0n) is 16.7. The molecule has 1 amide bonds. The Hall–Kier alpha value is -3.82. The Labute approximate surface area is 186 Å². The van der Waals surface area contributed by atoms with E-state index in [4.69, 9.17) is 16.3 Å². The summed E-state index contributed by atoms with van der Waals surface area (Å²) in [6.07, 6.45) is 1.80. The zero-order chi connectivity index (χ0) is 21.5. The minimum Gasteiger partial charge on any atom is -0.455 e. The number of ether oxygens (including phenoxy) is 1. The Morgan fingerprint density at radius 3 is 2.10 bits per heavy atom. The highest BCUT2D eigenvalue weighted by atomic mass is 35.5. The summed E-state index contributed by atoms with van der Waals surface area (Å²) in [4.78, 5) is 13.4. The van der Waals surface area contributed by atoms with Gasteiger partial charge in [-0.05, 0) is 47.5 Å². The first-order chi connectivity index (χ1) is 15.2. The maximum atomic E-state index is 13.4. The summed E-state index contributed by atoms with van der Waals surface area (Å²) in [6, 6.07) is 33.7. The number of halogens is 1. The molecule has 152 valence electrons. The van der Waals surface area contributed by atoms with E-state index in [-0.39, 0.29) is 5.91 Å². The van der Waals surface area contributed by atoms with E-state index in [1.807, 2.05) is 103 Å². The summed E-state index contributed by atoms with van der Waals surface area (Å²) < 4.78 is 5.98. The first-order valence-electron chi connectivity index (χ1n) is 9.85. The predicted molar refractivity (Wildman–Crippen MR) is 127 cm³/mol. The summed E-state index contributed by atoms with van der Waals surface area (Å²) in [5.74, 6) is 1.00. The molecule has 0 atom stereocenters. The van der Waals surface area contributed by atoms with Crippen molar-refractivity contribution >= 4 is 34.8 Å². The van der Waals surface area contributed by atoms with Gasteiger partial charge in [-0.25, -0.2) is 0 Å². The molecule has 4 heteroatoms. The fraction of sp³-hybridized carbons (Fsp3) is 0. The first kappa shape index (κ1) is 20.5. The van der Waals surface area contributed by atoms with Crippen molar-refractivity contribution in [3.63, 3.8) is 0 Å². The van der Waals surface area contributed by atoms with Crippen molar-refractivity contribution in [2.45, 2.75) is 0 Å². The van der Waals surface area contributed by atoms with Gasteiger partial charge in [-0.1, -0.05) is 90.5 Å². The number of amides is 1. The molecular formula is C27H20ClNO2. The maximum absolute atomic E-state index is 13.4. The van der Waals surface area contributed by atoms with Crippen molar-refractivity contribution in [2.75, 3.05) is 5.32 Å². The minimum absolute atomic E-state index is 0.254. The molecule has 0 unspecified atom stereocenters. The molecule has 31 heavy (non-hydrogen) atoms. The average molecular weight is 426 g/mol. The van der Waals surface area contributed by atoms with E-state index >= 15 is 0 Å². The van der Waals surface area contributed by atoms with Crippen LogP contribution in [0.5, 0.6) is 11.5 Å². The van der Waals surface area contributed by atoms with Crippen molar-refractivity contribution in [1.82, 2.24) is 0 Å². The highest BCUT2D eigenvalue weighted by Gasteiger charge is 2.15. The summed E-state index contributed by atoms with van der Waals surface area (Å²) in [5.41, 5.74) is 2.65. The Balaban J connectivity index is 1.67. The number of benzene rings is 4. The van der Waals surface area contributed by atoms with Crippen LogP contribution in [0.1, 0.15) is 11.1 Å². The third kappa shape index (κ3) is 5.21. The SMILES string of the molecule is O=C(Nc1ccccc1Oc1ccccc1)/C(=C/c1ccccc1Cl)c1ccccc1. The fourth-order valence-corrected chi connectivity index (χ4v) is 3.30. The molecule has 0 radical (unpaired) electrons. The molecule has 0 spiro atoms. The van der Waals surface area contributed by atoms with Gasteiger partial charge in [0.2, 0.25) is 0 Å². The number of hydrogen-bond donors (Lipinski definition) is 1. The fourth-order valence-electron chi connectivity index (χ4n) is 3.11. The van der Waals surface area contributed by atoms with Gasteiger partial charge in [-0.3, -0.25) is 4.79 Å². The third-order valence-corrected chi connectivity index (χ3v) is 4.98. The number of para-hydroxylation sites is 3. The van der Waals surface area contributed by atoms with E-state index in [2.05, 4.69) is 5.32 Å². The Morgan fingerprint density at radius 1 is 0.742 bits per heavy atom. The van der Waals surface area contributed by atoms with Crippen LogP contribution in [0.2, 0.25) is 5.02 Å². The summed E-state index contributed by atoms with van der Waals surface area (Å²) in [5, 5.41) is 3.57. The number of hydrogen-bond acceptors (Lipinski definition) is 2. The molecule has 0 aliphatic rings. The second-order valence-corrected chi connectivity index (χ2v) is 7.22. The van der Waals surface area contributed by atoms with E-state index in [1.165, 1.54) is 0 Å². The van der Waals surface area contributed by atoms with Crippen LogP contribution < -0.4 is 10.1 Å². The smallest absolute Gasteiger partial charge is 0.256 e. The molecule has 4 aromatic carbocycles. The molecule has 0 fully saturated rings. The van der Waals surface area contributed by atoms with E-state index in [0.717, 1.165) is 11.1 Å². The van der Waals surface area contributed by atoms with Gasteiger partial charge in [0.05, 0.1) is 5.69 Å². The van der Waals surface area contributed by atoms with Crippen LogP contribution in [-0.4, -0.2) is 5.91 Å². The van der Waals surface area contributed by atoms with Crippen molar-refractivity contribution < 1.29 is 9.53 Å². The van der Waals surface area contributed by atoms with E-state index in [0.29, 0.717) is 27.8 Å².